The van der Waals surface area contributed by atoms with E-state index in [1.807, 2.05) is 6.92 Å². The van der Waals surface area contributed by atoms with Crippen molar-refractivity contribution in [2.24, 2.45) is 11.8 Å². The minimum absolute atomic E-state index is 0.0602. The van der Waals surface area contributed by atoms with Crippen molar-refractivity contribution in [3.05, 3.63) is 0 Å². The Morgan fingerprint density at radius 3 is 2.00 bits per heavy atom. The Bertz CT molecular complexity index is 83.6. The fourth-order valence-corrected chi connectivity index (χ4v) is 1.29. The molecule has 68 valence electrons. The van der Waals surface area contributed by atoms with Gasteiger partial charge in [0.2, 0.25) is 0 Å². The lowest BCUT2D eigenvalue weighted by Crippen LogP contribution is -2.28. The molecule has 0 aliphatic rings. The van der Waals surface area contributed by atoms with Crippen LogP contribution in [0.15, 0.2) is 0 Å². The van der Waals surface area contributed by atoms with Gasteiger partial charge in [-0.05, 0) is 12.3 Å². The van der Waals surface area contributed by atoms with Crippen LogP contribution < -0.4 is 0 Å². The lowest BCUT2D eigenvalue weighted by Gasteiger charge is -2.24. The predicted molar refractivity (Wildman–Crippen MR) is 46.3 cm³/mol. The predicted octanol–water partition coefficient (Wildman–Crippen LogP) is 1.41. The molecule has 0 spiro atoms. The Balaban J connectivity index is 3.92. The second-order valence-corrected chi connectivity index (χ2v) is 3.21. The average molecular weight is 160 g/mol. The summed E-state index contributed by atoms with van der Waals surface area (Å²) < 4.78 is 0. The molecule has 0 amide bonds. The van der Waals surface area contributed by atoms with Crippen molar-refractivity contribution >= 4 is 0 Å². The van der Waals surface area contributed by atoms with Crippen LogP contribution in [0.25, 0.3) is 0 Å². The monoisotopic (exact) mass is 160 g/mol. The van der Waals surface area contributed by atoms with Crippen LogP contribution in [0.5, 0.6) is 0 Å². The molecular weight excluding hydrogens is 140 g/mol. The molecule has 0 heterocycles. The largest absolute Gasteiger partial charge is 0.396 e. The minimum Gasteiger partial charge on any atom is -0.396 e. The molecule has 0 bridgehead atoms. The summed E-state index contributed by atoms with van der Waals surface area (Å²) in [4.78, 5) is 0. The van der Waals surface area contributed by atoms with E-state index in [0.717, 1.165) is 12.8 Å². The van der Waals surface area contributed by atoms with Crippen molar-refractivity contribution in [1.82, 2.24) is 0 Å². The summed E-state index contributed by atoms with van der Waals surface area (Å²) in [5.74, 6) is 0.472. The number of hydrogen-bond donors (Lipinski definition) is 2. The molecule has 3 unspecified atom stereocenters. The normalized spacial score (nSPS) is 19.4. The van der Waals surface area contributed by atoms with Crippen molar-refractivity contribution in [1.29, 1.82) is 0 Å². The Hall–Kier alpha value is -0.0800. The fourth-order valence-electron chi connectivity index (χ4n) is 1.29. The van der Waals surface area contributed by atoms with Crippen LogP contribution in [0.1, 0.15) is 33.6 Å². The second kappa shape index (κ2) is 5.56. The summed E-state index contributed by atoms with van der Waals surface area (Å²) in [6, 6.07) is 0. The van der Waals surface area contributed by atoms with Gasteiger partial charge in [-0.1, -0.05) is 27.2 Å². The number of aliphatic hydroxyl groups excluding tert-OH is 2. The van der Waals surface area contributed by atoms with Gasteiger partial charge in [0.15, 0.2) is 0 Å². The molecule has 11 heavy (non-hydrogen) atoms. The topological polar surface area (TPSA) is 40.5 Å². The number of hydrogen-bond acceptors (Lipinski definition) is 2. The van der Waals surface area contributed by atoms with Crippen LogP contribution in [-0.2, 0) is 0 Å². The lowest BCUT2D eigenvalue weighted by molar-refractivity contribution is 0.0338. The molecule has 2 nitrogen and oxygen atoms in total. The van der Waals surface area contributed by atoms with Crippen LogP contribution in [0.4, 0.5) is 0 Å². The van der Waals surface area contributed by atoms with Crippen molar-refractivity contribution in [3.63, 3.8) is 0 Å². The average Bonchev–Trinajstić information content (AvgIpc) is 2.05. The number of aliphatic hydroxyl groups is 2. The van der Waals surface area contributed by atoms with Gasteiger partial charge < -0.3 is 10.2 Å². The SMILES string of the molecule is CCC(C)C(CO)C(O)CC. The summed E-state index contributed by atoms with van der Waals surface area (Å²) in [5, 5.41) is 18.4. The van der Waals surface area contributed by atoms with E-state index in [2.05, 4.69) is 13.8 Å². The minimum atomic E-state index is -0.338. The van der Waals surface area contributed by atoms with Gasteiger partial charge in [0.05, 0.1) is 6.10 Å². The highest BCUT2D eigenvalue weighted by molar-refractivity contribution is 4.71. The molecular formula is C9H20O2. The maximum atomic E-state index is 9.46. The van der Waals surface area contributed by atoms with Gasteiger partial charge in [-0.15, -0.1) is 0 Å². The molecule has 0 rings (SSSR count). The van der Waals surface area contributed by atoms with Gasteiger partial charge in [0.1, 0.15) is 0 Å². The van der Waals surface area contributed by atoms with E-state index in [-0.39, 0.29) is 18.6 Å². The molecule has 0 aliphatic carbocycles. The molecule has 0 aromatic rings. The third-order valence-corrected chi connectivity index (χ3v) is 2.50. The Kier molecular flexibility index (Phi) is 5.51. The zero-order valence-electron chi connectivity index (χ0n) is 7.75. The standard InChI is InChI=1S/C9H20O2/c1-4-7(3)8(6-10)9(11)5-2/h7-11H,4-6H2,1-3H3. The van der Waals surface area contributed by atoms with Crippen molar-refractivity contribution in [2.45, 2.75) is 39.7 Å². The first-order chi connectivity index (χ1) is 5.17. The van der Waals surface area contributed by atoms with E-state index in [1.54, 1.807) is 0 Å². The van der Waals surface area contributed by atoms with E-state index in [9.17, 15) is 5.11 Å². The van der Waals surface area contributed by atoms with Gasteiger partial charge in [0.25, 0.3) is 0 Å². The van der Waals surface area contributed by atoms with Crippen LogP contribution in [0.3, 0.4) is 0 Å². The van der Waals surface area contributed by atoms with Gasteiger partial charge in [-0.2, -0.15) is 0 Å². The molecule has 0 aromatic carbocycles. The molecule has 2 heteroatoms. The maximum Gasteiger partial charge on any atom is 0.0590 e. The highest BCUT2D eigenvalue weighted by atomic mass is 16.3. The van der Waals surface area contributed by atoms with E-state index < -0.39 is 0 Å². The van der Waals surface area contributed by atoms with E-state index in [4.69, 9.17) is 5.11 Å². The quantitative estimate of drug-likeness (QED) is 0.638. The van der Waals surface area contributed by atoms with Crippen molar-refractivity contribution in [3.8, 4) is 0 Å². The highest BCUT2D eigenvalue weighted by Crippen LogP contribution is 2.20. The van der Waals surface area contributed by atoms with Crippen LogP contribution in [0, 0.1) is 11.8 Å². The summed E-state index contributed by atoms with van der Waals surface area (Å²) in [5.41, 5.74) is 0. The smallest absolute Gasteiger partial charge is 0.0590 e. The zero-order chi connectivity index (χ0) is 8.85. The maximum absolute atomic E-state index is 9.46. The third kappa shape index (κ3) is 3.21. The second-order valence-electron chi connectivity index (χ2n) is 3.21. The third-order valence-electron chi connectivity index (χ3n) is 2.50. The highest BCUT2D eigenvalue weighted by Gasteiger charge is 2.21. The Morgan fingerprint density at radius 1 is 1.18 bits per heavy atom. The first-order valence-electron chi connectivity index (χ1n) is 4.46. The van der Waals surface area contributed by atoms with Gasteiger partial charge in [-0.3, -0.25) is 0 Å². The fraction of sp³-hybridized carbons (Fsp3) is 1.00. The summed E-state index contributed by atoms with van der Waals surface area (Å²) in [6.07, 6.45) is 1.41. The molecule has 2 N–H and O–H groups in total. The summed E-state index contributed by atoms with van der Waals surface area (Å²) in [7, 11) is 0. The molecule has 0 fully saturated rings. The van der Waals surface area contributed by atoms with Gasteiger partial charge in [-0.25, -0.2) is 0 Å². The van der Waals surface area contributed by atoms with Gasteiger partial charge in [0, 0.05) is 12.5 Å². The zero-order valence-corrected chi connectivity index (χ0v) is 7.75. The van der Waals surface area contributed by atoms with E-state index >= 15 is 0 Å². The van der Waals surface area contributed by atoms with E-state index in [1.165, 1.54) is 0 Å². The van der Waals surface area contributed by atoms with Crippen LogP contribution in [0.2, 0.25) is 0 Å². The van der Waals surface area contributed by atoms with Crippen molar-refractivity contribution in [2.75, 3.05) is 6.61 Å². The first kappa shape index (κ1) is 10.9. The summed E-state index contributed by atoms with van der Waals surface area (Å²) in [6.45, 7) is 6.19. The van der Waals surface area contributed by atoms with Gasteiger partial charge >= 0.3 is 0 Å². The summed E-state index contributed by atoms with van der Waals surface area (Å²) >= 11 is 0. The van der Waals surface area contributed by atoms with Crippen LogP contribution >= 0.6 is 0 Å². The van der Waals surface area contributed by atoms with Crippen molar-refractivity contribution < 1.29 is 10.2 Å². The molecule has 3 atom stereocenters. The number of rotatable bonds is 5. The molecule has 0 saturated heterocycles. The molecule has 0 aliphatic heterocycles. The Labute approximate surface area is 69.2 Å². The first-order valence-corrected chi connectivity index (χ1v) is 4.46. The van der Waals surface area contributed by atoms with E-state index in [0.29, 0.717) is 5.92 Å². The Morgan fingerprint density at radius 2 is 1.73 bits per heavy atom. The molecule has 0 radical (unpaired) electrons. The molecule has 0 aromatic heterocycles. The molecule has 0 saturated carbocycles. The lowest BCUT2D eigenvalue weighted by atomic mass is 9.87. The van der Waals surface area contributed by atoms with Crippen LogP contribution in [-0.4, -0.2) is 22.9 Å².